The number of halogens is 1. The van der Waals surface area contributed by atoms with Crippen LogP contribution in [-0.2, 0) is 10.0 Å². The Labute approximate surface area is 107 Å². The predicted molar refractivity (Wildman–Crippen MR) is 66.9 cm³/mol. The van der Waals surface area contributed by atoms with Gasteiger partial charge in [-0.2, -0.15) is 4.31 Å². The molecule has 0 aliphatic carbocycles. The minimum Gasteiger partial charge on any atom is -0.330 e. The third-order valence-electron chi connectivity index (χ3n) is 3.47. The Morgan fingerprint density at radius 3 is 2.50 bits per heavy atom. The van der Waals surface area contributed by atoms with Gasteiger partial charge in [0.25, 0.3) is 0 Å². The summed E-state index contributed by atoms with van der Waals surface area (Å²) in [6.07, 6.45) is 0.754. The molecule has 0 amide bonds. The number of hydrogen-bond acceptors (Lipinski definition) is 3. The van der Waals surface area contributed by atoms with Gasteiger partial charge in [0, 0.05) is 13.1 Å². The van der Waals surface area contributed by atoms with E-state index < -0.39 is 15.8 Å². The van der Waals surface area contributed by atoms with Crippen molar-refractivity contribution >= 4 is 10.0 Å². The van der Waals surface area contributed by atoms with Gasteiger partial charge in [-0.3, -0.25) is 0 Å². The SMILES string of the molecule is CC1(CN)CCN(S(=O)(=O)c2ccc(F)cc2)C1. The van der Waals surface area contributed by atoms with Crippen LogP contribution in [0.5, 0.6) is 0 Å². The molecule has 0 radical (unpaired) electrons. The molecular formula is C12H17FN2O2S. The van der Waals surface area contributed by atoms with Crippen molar-refractivity contribution in [1.29, 1.82) is 0 Å². The van der Waals surface area contributed by atoms with Crippen LogP contribution in [0.1, 0.15) is 13.3 Å². The lowest BCUT2D eigenvalue weighted by Gasteiger charge is -2.22. The first-order valence-electron chi connectivity index (χ1n) is 5.83. The molecule has 4 nitrogen and oxygen atoms in total. The Kier molecular flexibility index (Phi) is 3.44. The molecule has 1 atom stereocenters. The van der Waals surface area contributed by atoms with Gasteiger partial charge in [-0.25, -0.2) is 12.8 Å². The summed E-state index contributed by atoms with van der Waals surface area (Å²) >= 11 is 0. The first kappa shape index (κ1) is 13.5. The number of benzene rings is 1. The zero-order valence-electron chi connectivity index (χ0n) is 10.3. The van der Waals surface area contributed by atoms with E-state index in [1.165, 1.54) is 16.4 Å². The number of hydrogen-bond donors (Lipinski definition) is 1. The molecule has 1 aliphatic heterocycles. The standard InChI is InChI=1S/C12H17FN2O2S/c1-12(8-14)6-7-15(9-12)18(16,17)11-4-2-10(13)3-5-11/h2-5H,6-9,14H2,1H3. The maximum absolute atomic E-state index is 12.8. The first-order valence-corrected chi connectivity index (χ1v) is 7.27. The van der Waals surface area contributed by atoms with E-state index in [0.717, 1.165) is 18.6 Å². The Balaban J connectivity index is 2.25. The van der Waals surface area contributed by atoms with Gasteiger partial charge in [0.2, 0.25) is 10.0 Å². The molecule has 2 rings (SSSR count). The molecule has 1 fully saturated rings. The van der Waals surface area contributed by atoms with Crippen LogP contribution >= 0.6 is 0 Å². The average Bonchev–Trinajstić information content (AvgIpc) is 2.74. The molecule has 1 heterocycles. The van der Waals surface area contributed by atoms with E-state index >= 15 is 0 Å². The van der Waals surface area contributed by atoms with Crippen LogP contribution in [0, 0.1) is 11.2 Å². The molecule has 1 aromatic rings. The third kappa shape index (κ3) is 2.41. The second-order valence-electron chi connectivity index (χ2n) is 5.06. The summed E-state index contributed by atoms with van der Waals surface area (Å²) in [5.41, 5.74) is 5.50. The fourth-order valence-corrected chi connectivity index (χ4v) is 3.70. The molecule has 2 N–H and O–H groups in total. The lowest BCUT2D eigenvalue weighted by Crippen LogP contribution is -2.34. The van der Waals surface area contributed by atoms with Gasteiger partial charge in [0.05, 0.1) is 4.90 Å². The average molecular weight is 272 g/mol. The lowest BCUT2D eigenvalue weighted by atomic mass is 9.90. The molecule has 6 heteroatoms. The number of sulfonamides is 1. The van der Waals surface area contributed by atoms with E-state index in [1.807, 2.05) is 6.92 Å². The number of nitrogens with zero attached hydrogens (tertiary/aromatic N) is 1. The quantitative estimate of drug-likeness (QED) is 0.899. The molecule has 100 valence electrons. The first-order chi connectivity index (χ1) is 8.37. The van der Waals surface area contributed by atoms with Crippen molar-refractivity contribution in [1.82, 2.24) is 4.31 Å². The van der Waals surface area contributed by atoms with Gasteiger partial charge in [-0.15, -0.1) is 0 Å². The lowest BCUT2D eigenvalue weighted by molar-refractivity contribution is 0.349. The third-order valence-corrected chi connectivity index (χ3v) is 5.33. The largest absolute Gasteiger partial charge is 0.330 e. The molecule has 1 saturated heterocycles. The maximum atomic E-state index is 12.8. The van der Waals surface area contributed by atoms with E-state index in [4.69, 9.17) is 5.73 Å². The minimum atomic E-state index is -3.53. The van der Waals surface area contributed by atoms with Crippen LogP contribution in [0.4, 0.5) is 4.39 Å². The van der Waals surface area contributed by atoms with Gasteiger partial charge in [0.15, 0.2) is 0 Å². The number of rotatable bonds is 3. The summed E-state index contributed by atoms with van der Waals surface area (Å²) in [6.45, 7) is 3.33. The van der Waals surface area contributed by atoms with E-state index in [1.54, 1.807) is 0 Å². The second kappa shape index (κ2) is 4.60. The highest BCUT2D eigenvalue weighted by Crippen LogP contribution is 2.32. The fourth-order valence-electron chi connectivity index (χ4n) is 2.11. The summed E-state index contributed by atoms with van der Waals surface area (Å²) < 4.78 is 38.9. The summed E-state index contributed by atoms with van der Waals surface area (Å²) in [5, 5.41) is 0. The van der Waals surface area contributed by atoms with Crippen molar-refractivity contribution in [3.8, 4) is 0 Å². The second-order valence-corrected chi connectivity index (χ2v) is 7.00. The van der Waals surface area contributed by atoms with E-state index in [-0.39, 0.29) is 10.3 Å². The highest BCUT2D eigenvalue weighted by Gasteiger charge is 2.38. The normalized spacial score (nSPS) is 25.5. The molecule has 0 aromatic heterocycles. The van der Waals surface area contributed by atoms with Gasteiger partial charge < -0.3 is 5.73 Å². The summed E-state index contributed by atoms with van der Waals surface area (Å²) in [7, 11) is -3.53. The highest BCUT2D eigenvalue weighted by molar-refractivity contribution is 7.89. The summed E-state index contributed by atoms with van der Waals surface area (Å²) in [5.74, 6) is -0.442. The van der Waals surface area contributed by atoms with Crippen molar-refractivity contribution < 1.29 is 12.8 Å². The molecule has 1 aliphatic rings. The maximum Gasteiger partial charge on any atom is 0.243 e. The smallest absolute Gasteiger partial charge is 0.243 e. The fraction of sp³-hybridized carbons (Fsp3) is 0.500. The molecule has 1 unspecified atom stereocenters. The van der Waals surface area contributed by atoms with Crippen LogP contribution in [-0.4, -0.2) is 32.4 Å². The summed E-state index contributed by atoms with van der Waals surface area (Å²) in [4.78, 5) is 0.130. The minimum absolute atomic E-state index is 0.130. The Morgan fingerprint density at radius 2 is 2.00 bits per heavy atom. The van der Waals surface area contributed by atoms with E-state index in [2.05, 4.69) is 0 Å². The van der Waals surface area contributed by atoms with Crippen LogP contribution in [0.25, 0.3) is 0 Å². The predicted octanol–water partition coefficient (Wildman–Crippen LogP) is 1.19. The van der Waals surface area contributed by atoms with E-state index in [0.29, 0.717) is 19.6 Å². The van der Waals surface area contributed by atoms with Crippen molar-refractivity contribution in [2.75, 3.05) is 19.6 Å². The Hall–Kier alpha value is -0.980. The van der Waals surface area contributed by atoms with Crippen molar-refractivity contribution in [3.05, 3.63) is 30.1 Å². The molecule has 1 aromatic carbocycles. The molecule has 0 spiro atoms. The van der Waals surface area contributed by atoms with Crippen molar-refractivity contribution in [3.63, 3.8) is 0 Å². The van der Waals surface area contributed by atoms with Crippen LogP contribution < -0.4 is 5.73 Å². The molecular weight excluding hydrogens is 255 g/mol. The van der Waals surface area contributed by atoms with Gasteiger partial charge in [0.1, 0.15) is 5.82 Å². The molecule has 0 saturated carbocycles. The van der Waals surface area contributed by atoms with Crippen LogP contribution in [0.2, 0.25) is 0 Å². The van der Waals surface area contributed by atoms with Crippen molar-refractivity contribution in [2.24, 2.45) is 11.1 Å². The van der Waals surface area contributed by atoms with Crippen LogP contribution in [0.15, 0.2) is 29.2 Å². The van der Waals surface area contributed by atoms with Gasteiger partial charge >= 0.3 is 0 Å². The monoisotopic (exact) mass is 272 g/mol. The topological polar surface area (TPSA) is 63.4 Å². The zero-order valence-corrected chi connectivity index (χ0v) is 11.1. The zero-order chi connectivity index (χ0) is 13.4. The van der Waals surface area contributed by atoms with E-state index in [9.17, 15) is 12.8 Å². The number of nitrogens with two attached hydrogens (primary N) is 1. The molecule has 0 bridgehead atoms. The Bertz CT molecular complexity index is 530. The molecule has 18 heavy (non-hydrogen) atoms. The Morgan fingerprint density at radius 1 is 1.39 bits per heavy atom. The van der Waals surface area contributed by atoms with Crippen molar-refractivity contribution in [2.45, 2.75) is 18.2 Å². The van der Waals surface area contributed by atoms with Crippen LogP contribution in [0.3, 0.4) is 0 Å². The van der Waals surface area contributed by atoms with Gasteiger partial charge in [-0.05, 0) is 42.6 Å². The highest BCUT2D eigenvalue weighted by atomic mass is 32.2. The summed E-state index contributed by atoms with van der Waals surface area (Å²) in [6, 6.07) is 4.90. The van der Waals surface area contributed by atoms with Gasteiger partial charge in [-0.1, -0.05) is 6.92 Å².